The summed E-state index contributed by atoms with van der Waals surface area (Å²) >= 11 is 0. The van der Waals surface area contributed by atoms with Gasteiger partial charge in [0.25, 0.3) is 0 Å². The Labute approximate surface area is 104 Å². The van der Waals surface area contributed by atoms with Crippen LogP contribution in [0.2, 0.25) is 0 Å². The molecule has 1 aromatic carbocycles. The van der Waals surface area contributed by atoms with Crippen LogP contribution < -0.4 is 17.2 Å². The van der Waals surface area contributed by atoms with Gasteiger partial charge in [0, 0.05) is 0 Å². The van der Waals surface area contributed by atoms with Crippen LogP contribution in [0.3, 0.4) is 0 Å². The molecule has 0 unspecified atom stereocenters. The van der Waals surface area contributed by atoms with Gasteiger partial charge in [-0.1, -0.05) is 18.2 Å². The predicted octanol–water partition coefficient (Wildman–Crippen LogP) is -1.23. The molecule has 0 bridgehead atoms. The molecule has 6 N–H and O–H groups in total. The maximum atomic E-state index is 10.9. The Bertz CT molecular complexity index is 414. The first-order valence-corrected chi connectivity index (χ1v) is 5.33. The number of primary amides is 3. The minimum Gasteiger partial charge on any atom is -0.369 e. The van der Waals surface area contributed by atoms with E-state index in [-0.39, 0.29) is 19.3 Å². The number of amides is 3. The Hall–Kier alpha value is -2.37. The van der Waals surface area contributed by atoms with Crippen LogP contribution in [0.1, 0.15) is 16.7 Å². The van der Waals surface area contributed by atoms with E-state index in [0.717, 1.165) is 0 Å². The maximum absolute atomic E-state index is 10.9. The van der Waals surface area contributed by atoms with Gasteiger partial charge in [-0.3, -0.25) is 14.4 Å². The van der Waals surface area contributed by atoms with Crippen LogP contribution in [0.4, 0.5) is 0 Å². The Morgan fingerprint density at radius 1 is 0.667 bits per heavy atom. The lowest BCUT2D eigenvalue weighted by molar-refractivity contribution is -0.118. The highest BCUT2D eigenvalue weighted by Crippen LogP contribution is 2.12. The zero-order valence-electron chi connectivity index (χ0n) is 9.81. The van der Waals surface area contributed by atoms with E-state index in [4.69, 9.17) is 17.2 Å². The molecule has 0 aliphatic carbocycles. The molecule has 1 rings (SSSR count). The van der Waals surface area contributed by atoms with Gasteiger partial charge < -0.3 is 17.2 Å². The molecule has 0 aliphatic heterocycles. The summed E-state index contributed by atoms with van der Waals surface area (Å²) in [5, 5.41) is 0. The van der Waals surface area contributed by atoms with Crippen molar-refractivity contribution >= 4 is 17.7 Å². The average Bonchev–Trinajstić information content (AvgIpc) is 2.12. The molecule has 0 aromatic heterocycles. The molecule has 0 heterocycles. The first-order chi connectivity index (χ1) is 8.36. The summed E-state index contributed by atoms with van der Waals surface area (Å²) < 4.78 is 0. The Morgan fingerprint density at radius 2 is 0.889 bits per heavy atom. The molecular weight excluding hydrogens is 234 g/mol. The number of hydrogen-bond acceptors (Lipinski definition) is 3. The van der Waals surface area contributed by atoms with Crippen molar-refractivity contribution in [2.75, 3.05) is 0 Å². The van der Waals surface area contributed by atoms with Crippen molar-refractivity contribution in [1.29, 1.82) is 0 Å². The summed E-state index contributed by atoms with van der Waals surface area (Å²) in [5.41, 5.74) is 17.2. The molecule has 0 fully saturated rings. The molecule has 0 radical (unpaired) electrons. The smallest absolute Gasteiger partial charge is 0.221 e. The van der Waals surface area contributed by atoms with Gasteiger partial charge in [-0.2, -0.15) is 0 Å². The van der Waals surface area contributed by atoms with E-state index in [9.17, 15) is 14.4 Å². The summed E-state index contributed by atoms with van der Waals surface area (Å²) in [6.45, 7) is 0. The van der Waals surface area contributed by atoms with Crippen LogP contribution in [-0.2, 0) is 33.6 Å². The van der Waals surface area contributed by atoms with Gasteiger partial charge in [0.2, 0.25) is 17.7 Å². The number of benzene rings is 1. The van der Waals surface area contributed by atoms with Crippen LogP contribution in [0.25, 0.3) is 0 Å². The van der Waals surface area contributed by atoms with Gasteiger partial charge >= 0.3 is 0 Å². The number of carbonyl (C=O) groups is 3. The second-order valence-corrected chi connectivity index (χ2v) is 4.09. The number of hydrogen-bond donors (Lipinski definition) is 3. The molecule has 0 aliphatic rings. The van der Waals surface area contributed by atoms with Gasteiger partial charge in [0.05, 0.1) is 19.3 Å². The monoisotopic (exact) mass is 249 g/mol. The fraction of sp³-hybridized carbons (Fsp3) is 0.250. The molecule has 0 spiro atoms. The molecule has 6 nitrogen and oxygen atoms in total. The zero-order chi connectivity index (χ0) is 13.7. The molecule has 96 valence electrons. The van der Waals surface area contributed by atoms with Crippen LogP contribution in [0, 0.1) is 0 Å². The van der Waals surface area contributed by atoms with Gasteiger partial charge in [-0.25, -0.2) is 0 Å². The van der Waals surface area contributed by atoms with E-state index < -0.39 is 17.7 Å². The van der Waals surface area contributed by atoms with Crippen LogP contribution in [0.5, 0.6) is 0 Å². The van der Waals surface area contributed by atoms with E-state index in [2.05, 4.69) is 0 Å². The highest BCUT2D eigenvalue weighted by Gasteiger charge is 2.07. The molecule has 1 aromatic rings. The molecule has 0 atom stereocenters. The van der Waals surface area contributed by atoms with Crippen molar-refractivity contribution in [2.24, 2.45) is 17.2 Å². The fourth-order valence-corrected chi connectivity index (χ4v) is 1.75. The van der Waals surface area contributed by atoms with E-state index >= 15 is 0 Å². The topological polar surface area (TPSA) is 129 Å². The van der Waals surface area contributed by atoms with E-state index in [1.54, 1.807) is 18.2 Å². The van der Waals surface area contributed by atoms with E-state index in [1.807, 2.05) is 0 Å². The van der Waals surface area contributed by atoms with Gasteiger partial charge in [0.1, 0.15) is 0 Å². The van der Waals surface area contributed by atoms with Crippen molar-refractivity contribution in [3.63, 3.8) is 0 Å². The lowest BCUT2D eigenvalue weighted by atomic mass is 9.99. The molecule has 0 saturated carbocycles. The Kier molecular flexibility index (Phi) is 4.42. The SMILES string of the molecule is NC(=O)Cc1cc(CC(N)=O)cc(CC(N)=O)c1. The standard InChI is InChI=1S/C12H15N3O3/c13-10(16)4-7-1-8(5-11(14)17)3-9(2-7)6-12(15)18/h1-3H,4-6H2,(H2,13,16)(H2,14,17)(H2,15,18). The quantitative estimate of drug-likeness (QED) is 0.583. The van der Waals surface area contributed by atoms with Gasteiger partial charge in [0.15, 0.2) is 0 Å². The van der Waals surface area contributed by atoms with Crippen molar-refractivity contribution in [3.05, 3.63) is 34.9 Å². The summed E-state index contributed by atoms with van der Waals surface area (Å²) in [5.74, 6) is -1.47. The molecule has 0 saturated heterocycles. The van der Waals surface area contributed by atoms with E-state index in [1.165, 1.54) is 0 Å². The van der Waals surface area contributed by atoms with Crippen molar-refractivity contribution in [2.45, 2.75) is 19.3 Å². The summed E-state index contributed by atoms with van der Waals surface area (Å²) in [6, 6.07) is 5.00. The van der Waals surface area contributed by atoms with Crippen molar-refractivity contribution in [3.8, 4) is 0 Å². The van der Waals surface area contributed by atoms with Gasteiger partial charge in [-0.05, 0) is 16.7 Å². The number of carbonyl (C=O) groups excluding carboxylic acids is 3. The molecular formula is C12H15N3O3. The first-order valence-electron chi connectivity index (χ1n) is 5.33. The highest BCUT2D eigenvalue weighted by molar-refractivity contribution is 5.79. The lowest BCUT2D eigenvalue weighted by Gasteiger charge is -2.07. The van der Waals surface area contributed by atoms with Crippen LogP contribution in [0.15, 0.2) is 18.2 Å². The summed E-state index contributed by atoms with van der Waals surface area (Å²) in [7, 11) is 0. The second kappa shape index (κ2) is 5.81. The Morgan fingerprint density at radius 3 is 1.06 bits per heavy atom. The maximum Gasteiger partial charge on any atom is 0.221 e. The zero-order valence-corrected chi connectivity index (χ0v) is 9.81. The fourth-order valence-electron chi connectivity index (χ4n) is 1.75. The largest absolute Gasteiger partial charge is 0.369 e. The van der Waals surface area contributed by atoms with Crippen LogP contribution in [-0.4, -0.2) is 17.7 Å². The third-order valence-electron chi connectivity index (χ3n) is 2.25. The Balaban J connectivity index is 3.06. The minimum atomic E-state index is -0.490. The van der Waals surface area contributed by atoms with E-state index in [0.29, 0.717) is 16.7 Å². The highest BCUT2D eigenvalue weighted by atomic mass is 16.1. The minimum absolute atomic E-state index is 0.0400. The predicted molar refractivity (Wildman–Crippen MR) is 65.1 cm³/mol. The van der Waals surface area contributed by atoms with Crippen molar-refractivity contribution in [1.82, 2.24) is 0 Å². The second-order valence-electron chi connectivity index (χ2n) is 4.09. The summed E-state index contributed by atoms with van der Waals surface area (Å²) in [6.07, 6.45) is 0.120. The average molecular weight is 249 g/mol. The first kappa shape index (κ1) is 13.7. The number of nitrogens with two attached hydrogens (primary N) is 3. The van der Waals surface area contributed by atoms with Crippen molar-refractivity contribution < 1.29 is 14.4 Å². The molecule has 18 heavy (non-hydrogen) atoms. The summed E-state index contributed by atoms with van der Waals surface area (Å²) in [4.78, 5) is 32.6. The molecule has 6 heteroatoms. The normalized spacial score (nSPS) is 10.0. The van der Waals surface area contributed by atoms with Crippen LogP contribution >= 0.6 is 0 Å². The third kappa shape index (κ3) is 4.65. The van der Waals surface area contributed by atoms with Gasteiger partial charge in [-0.15, -0.1) is 0 Å². The third-order valence-corrected chi connectivity index (χ3v) is 2.25. The number of rotatable bonds is 6. The molecule has 3 amide bonds. The lowest BCUT2D eigenvalue weighted by Crippen LogP contribution is -2.17.